The molecule has 12 heavy (non-hydrogen) atoms. The summed E-state index contributed by atoms with van der Waals surface area (Å²) in [6.07, 6.45) is 3.28. The highest BCUT2D eigenvalue weighted by molar-refractivity contribution is 5.66. The molecule has 0 amide bonds. The molecule has 0 fully saturated rings. The smallest absolute Gasteiger partial charge is 0.303 e. The Kier molecular flexibility index (Phi) is 10.7. The highest BCUT2D eigenvalue weighted by atomic mass is 16.9. The van der Waals surface area contributed by atoms with Crippen molar-refractivity contribution < 1.29 is 20.2 Å². The first kappa shape index (κ1) is 13.3. The fourth-order valence-corrected chi connectivity index (χ4v) is 0.526. The molecule has 0 aromatic rings. The van der Waals surface area contributed by atoms with E-state index in [4.69, 9.17) is 20.4 Å². The van der Waals surface area contributed by atoms with Crippen LogP contribution in [0.3, 0.4) is 0 Å². The monoisotopic (exact) mass is 179 g/mol. The molecule has 0 saturated carbocycles. The van der Waals surface area contributed by atoms with Gasteiger partial charge in [-0.3, -0.25) is 4.79 Å². The molecule has 0 aliphatic carbocycles. The molecule has 0 unspecified atom stereocenters. The summed E-state index contributed by atoms with van der Waals surface area (Å²) >= 11 is 0. The van der Waals surface area contributed by atoms with E-state index in [9.17, 15) is 4.79 Å². The molecule has 0 aromatic carbocycles. The first-order valence-electron chi connectivity index (χ1n) is 3.55. The van der Waals surface area contributed by atoms with Gasteiger partial charge in [-0.05, 0) is 6.42 Å². The lowest BCUT2D eigenvalue weighted by atomic mass is 10.2. The van der Waals surface area contributed by atoms with E-state index in [1.54, 1.807) is 0 Å². The van der Waals surface area contributed by atoms with Crippen molar-refractivity contribution in [3.63, 3.8) is 0 Å². The van der Waals surface area contributed by atoms with Gasteiger partial charge in [0, 0.05) is 6.42 Å². The summed E-state index contributed by atoms with van der Waals surface area (Å²) in [5, 5.41) is 21.8. The second kappa shape index (κ2) is 9.67. The van der Waals surface area contributed by atoms with Crippen molar-refractivity contribution in [3.8, 4) is 0 Å². The Bertz CT molecular complexity index is 132. The zero-order chi connectivity index (χ0) is 9.98. The Morgan fingerprint density at radius 2 is 1.92 bits per heavy atom. The molecule has 0 radical (unpaired) electrons. The number of hydrogen-bond acceptors (Lipinski definition) is 3. The zero-order valence-electron chi connectivity index (χ0n) is 6.89. The molecule has 0 bridgehead atoms. The summed E-state index contributed by atoms with van der Waals surface area (Å²) < 4.78 is 0. The van der Waals surface area contributed by atoms with Crippen molar-refractivity contribution in [2.24, 2.45) is 0 Å². The molecule has 0 heterocycles. The number of carboxylic acids is 1. The van der Waals surface area contributed by atoms with E-state index in [1.807, 2.05) is 0 Å². The molecule has 0 spiro atoms. The van der Waals surface area contributed by atoms with E-state index in [0.29, 0.717) is 6.42 Å². The van der Waals surface area contributed by atoms with Gasteiger partial charge in [-0.2, -0.15) is 0 Å². The Morgan fingerprint density at radius 1 is 1.50 bits per heavy atom. The molecule has 0 rings (SSSR count). The third-order valence-corrected chi connectivity index (χ3v) is 0.994. The maximum Gasteiger partial charge on any atom is 0.303 e. The van der Waals surface area contributed by atoms with Crippen LogP contribution in [0.15, 0.2) is 0 Å². The van der Waals surface area contributed by atoms with Gasteiger partial charge in [0.1, 0.15) is 0 Å². The minimum Gasteiger partial charge on any atom is -0.481 e. The lowest BCUT2D eigenvalue weighted by Crippen LogP contribution is -1.92. The summed E-state index contributed by atoms with van der Waals surface area (Å²) in [6.45, 7) is 2.06. The van der Waals surface area contributed by atoms with Gasteiger partial charge in [-0.1, -0.05) is 19.8 Å². The van der Waals surface area contributed by atoms with Crippen LogP contribution in [0.5, 0.6) is 0 Å². The van der Waals surface area contributed by atoms with Crippen molar-refractivity contribution in [3.05, 3.63) is 10.1 Å². The third kappa shape index (κ3) is 37.9. The number of unbranched alkanes of at least 4 members (excludes halogenated alkanes) is 2. The van der Waals surface area contributed by atoms with Gasteiger partial charge in [0.15, 0.2) is 0 Å². The number of rotatable bonds is 4. The minimum atomic E-state index is -1.50. The van der Waals surface area contributed by atoms with Crippen LogP contribution in [0.25, 0.3) is 0 Å². The molecular weight excluding hydrogens is 166 g/mol. The SMILES string of the molecule is CCCCCC(=O)O.O=[N+]([O-])O. The Labute approximate surface area is 69.9 Å². The van der Waals surface area contributed by atoms with E-state index in [0.717, 1.165) is 19.3 Å². The number of carbonyl (C=O) groups is 1. The second-order valence-electron chi connectivity index (χ2n) is 2.09. The molecule has 0 atom stereocenters. The third-order valence-electron chi connectivity index (χ3n) is 0.994. The highest BCUT2D eigenvalue weighted by Gasteiger charge is 1.92. The van der Waals surface area contributed by atoms with Gasteiger partial charge >= 0.3 is 5.97 Å². The molecule has 0 aliphatic rings. The standard InChI is InChI=1S/C6H12O2.HNO3/c1-2-3-4-5-6(7)8;2-1(3)4/h2-5H2,1H3,(H,7,8);(H,2,3,4). The predicted octanol–water partition coefficient (Wildman–Crippen LogP) is 1.30. The molecule has 0 saturated heterocycles. The topological polar surface area (TPSA) is 101 Å². The molecule has 6 nitrogen and oxygen atoms in total. The number of aliphatic carboxylic acids is 1. The van der Waals surface area contributed by atoms with Crippen LogP contribution in [0, 0.1) is 10.1 Å². The van der Waals surface area contributed by atoms with E-state index in [2.05, 4.69) is 6.92 Å². The predicted molar refractivity (Wildman–Crippen MR) is 40.6 cm³/mol. The lowest BCUT2D eigenvalue weighted by Gasteiger charge is -1.89. The van der Waals surface area contributed by atoms with Gasteiger partial charge in [-0.15, -0.1) is 10.1 Å². The van der Waals surface area contributed by atoms with Gasteiger partial charge < -0.3 is 10.3 Å². The van der Waals surface area contributed by atoms with Crippen molar-refractivity contribution in [1.82, 2.24) is 0 Å². The Balaban J connectivity index is 0. The van der Waals surface area contributed by atoms with Gasteiger partial charge in [0.25, 0.3) is 5.09 Å². The van der Waals surface area contributed by atoms with E-state index < -0.39 is 11.1 Å². The fraction of sp³-hybridized carbons (Fsp3) is 0.833. The first-order valence-corrected chi connectivity index (χ1v) is 3.55. The first-order chi connectivity index (χ1) is 5.50. The van der Waals surface area contributed by atoms with Crippen molar-refractivity contribution in [2.75, 3.05) is 0 Å². The van der Waals surface area contributed by atoms with E-state index in [-0.39, 0.29) is 0 Å². The molecule has 6 heteroatoms. The Morgan fingerprint density at radius 3 is 2.17 bits per heavy atom. The Hall–Kier alpha value is -1.33. The normalized spacial score (nSPS) is 8.08. The van der Waals surface area contributed by atoms with Gasteiger partial charge in [-0.25, -0.2) is 0 Å². The van der Waals surface area contributed by atoms with Crippen molar-refractivity contribution in [2.45, 2.75) is 32.6 Å². The van der Waals surface area contributed by atoms with E-state index >= 15 is 0 Å². The average molecular weight is 179 g/mol. The van der Waals surface area contributed by atoms with Crippen LogP contribution in [-0.2, 0) is 4.79 Å². The molecule has 0 aromatic heterocycles. The van der Waals surface area contributed by atoms with Crippen LogP contribution >= 0.6 is 0 Å². The van der Waals surface area contributed by atoms with Crippen molar-refractivity contribution >= 4 is 5.97 Å². The molecule has 2 N–H and O–H groups in total. The van der Waals surface area contributed by atoms with Crippen molar-refractivity contribution in [1.29, 1.82) is 0 Å². The van der Waals surface area contributed by atoms with Crippen LogP contribution in [0.4, 0.5) is 0 Å². The average Bonchev–Trinajstić information content (AvgIpc) is 1.86. The molecular formula is C6H13NO5. The second-order valence-corrected chi connectivity index (χ2v) is 2.09. The van der Waals surface area contributed by atoms with Crippen LogP contribution in [0.1, 0.15) is 32.6 Å². The summed E-state index contributed by atoms with van der Waals surface area (Å²) in [5.74, 6) is -0.682. The lowest BCUT2D eigenvalue weighted by molar-refractivity contribution is -0.742. The maximum atomic E-state index is 9.87. The van der Waals surface area contributed by atoms with Gasteiger partial charge in [0.2, 0.25) is 0 Å². The molecule has 0 aliphatic heterocycles. The molecule has 72 valence electrons. The number of nitrogens with zero attached hydrogens (tertiary/aromatic N) is 1. The fourth-order valence-electron chi connectivity index (χ4n) is 0.526. The number of carboxylic acid groups (broad SMARTS) is 1. The summed E-state index contributed by atoms with van der Waals surface area (Å²) in [7, 11) is 0. The zero-order valence-corrected chi connectivity index (χ0v) is 6.89. The van der Waals surface area contributed by atoms with Crippen LogP contribution < -0.4 is 0 Å². The minimum absolute atomic E-state index is 0.327. The summed E-state index contributed by atoms with van der Waals surface area (Å²) in [6, 6.07) is 0. The maximum absolute atomic E-state index is 9.87. The summed E-state index contributed by atoms with van der Waals surface area (Å²) in [5.41, 5.74) is 0. The largest absolute Gasteiger partial charge is 0.481 e. The quantitative estimate of drug-likeness (QED) is 0.385. The highest BCUT2D eigenvalue weighted by Crippen LogP contribution is 1.97. The van der Waals surface area contributed by atoms with Crippen LogP contribution in [0.2, 0.25) is 0 Å². The van der Waals surface area contributed by atoms with Gasteiger partial charge in [0.05, 0.1) is 0 Å². The summed E-state index contributed by atoms with van der Waals surface area (Å²) in [4.78, 5) is 18.2. The van der Waals surface area contributed by atoms with Crippen LogP contribution in [-0.4, -0.2) is 21.4 Å². The number of hydrogen-bond donors (Lipinski definition) is 2. The van der Waals surface area contributed by atoms with E-state index in [1.165, 1.54) is 0 Å².